The summed E-state index contributed by atoms with van der Waals surface area (Å²) in [6, 6.07) is 12.2. The fourth-order valence-electron chi connectivity index (χ4n) is 3.89. The topological polar surface area (TPSA) is 109 Å². The van der Waals surface area contributed by atoms with Crippen molar-refractivity contribution in [1.82, 2.24) is 24.7 Å². The summed E-state index contributed by atoms with van der Waals surface area (Å²) >= 11 is 0. The molecule has 3 aromatic heterocycles. The van der Waals surface area contributed by atoms with Crippen LogP contribution in [0.3, 0.4) is 0 Å². The van der Waals surface area contributed by atoms with Gasteiger partial charge in [0.15, 0.2) is 11.6 Å². The van der Waals surface area contributed by atoms with Crippen LogP contribution in [0, 0.1) is 24.4 Å². The van der Waals surface area contributed by atoms with Crippen molar-refractivity contribution in [2.24, 2.45) is 0 Å². The molecule has 5 rings (SSSR count). The van der Waals surface area contributed by atoms with Crippen LogP contribution in [-0.4, -0.2) is 24.7 Å². The van der Waals surface area contributed by atoms with Crippen molar-refractivity contribution in [2.45, 2.75) is 13.3 Å². The van der Waals surface area contributed by atoms with Gasteiger partial charge in [0.2, 0.25) is 0 Å². The van der Waals surface area contributed by atoms with Gasteiger partial charge in [-0.2, -0.15) is 19.7 Å². The average molecular weight is 461 g/mol. The molecule has 2 aromatic carbocycles. The molecule has 170 valence electrons. The van der Waals surface area contributed by atoms with Crippen molar-refractivity contribution in [3.63, 3.8) is 0 Å². The maximum absolute atomic E-state index is 14.3. The van der Waals surface area contributed by atoms with Crippen LogP contribution >= 0.6 is 0 Å². The number of halogens is 3. The highest BCUT2D eigenvalue weighted by atomic mass is 19.2. The summed E-state index contributed by atoms with van der Waals surface area (Å²) in [6.45, 7) is 1.84. The molecule has 7 nitrogen and oxygen atoms in total. The molecule has 0 bridgehead atoms. The summed E-state index contributed by atoms with van der Waals surface area (Å²) < 4.78 is 43.7. The van der Waals surface area contributed by atoms with Crippen molar-refractivity contribution in [3.05, 3.63) is 89.1 Å². The molecule has 0 saturated heterocycles. The Balaban J connectivity index is 1.64. The van der Waals surface area contributed by atoms with E-state index < -0.39 is 23.0 Å². The molecule has 0 amide bonds. The lowest BCUT2D eigenvalue weighted by Gasteiger charge is -2.11. The predicted molar refractivity (Wildman–Crippen MR) is 123 cm³/mol. The van der Waals surface area contributed by atoms with E-state index in [9.17, 15) is 13.2 Å². The van der Waals surface area contributed by atoms with E-state index in [2.05, 4.69) is 20.1 Å². The van der Waals surface area contributed by atoms with E-state index in [0.717, 1.165) is 23.4 Å². The summed E-state index contributed by atoms with van der Waals surface area (Å²) in [4.78, 5) is 12.9. The highest BCUT2D eigenvalue weighted by Crippen LogP contribution is 2.31. The van der Waals surface area contributed by atoms with E-state index in [-0.39, 0.29) is 24.0 Å². The smallest absolute Gasteiger partial charge is 0.255 e. The zero-order valence-electron chi connectivity index (χ0n) is 17.9. The number of fused-ring (bicyclic) bond motifs is 1. The molecule has 0 saturated carbocycles. The first-order valence-corrected chi connectivity index (χ1v) is 10.3. The Morgan fingerprint density at radius 2 is 1.62 bits per heavy atom. The summed E-state index contributed by atoms with van der Waals surface area (Å²) in [5.41, 5.74) is 14.9. The van der Waals surface area contributed by atoms with Gasteiger partial charge in [-0.3, -0.25) is 4.98 Å². The number of benzene rings is 2. The van der Waals surface area contributed by atoms with E-state index in [1.165, 1.54) is 4.68 Å². The van der Waals surface area contributed by atoms with Crippen molar-refractivity contribution in [3.8, 4) is 17.1 Å². The zero-order chi connectivity index (χ0) is 24.0. The Kier molecular flexibility index (Phi) is 5.12. The van der Waals surface area contributed by atoms with Crippen LogP contribution in [-0.2, 0) is 6.42 Å². The number of anilines is 2. The van der Waals surface area contributed by atoms with Crippen molar-refractivity contribution in [2.75, 3.05) is 11.5 Å². The van der Waals surface area contributed by atoms with Crippen molar-refractivity contribution < 1.29 is 13.2 Å². The van der Waals surface area contributed by atoms with Crippen LogP contribution in [0.1, 0.15) is 17.0 Å². The van der Waals surface area contributed by atoms with E-state index in [0.29, 0.717) is 22.2 Å². The molecular weight excluding hydrogens is 443 g/mol. The Bertz CT molecular complexity index is 1540. The highest BCUT2D eigenvalue weighted by molar-refractivity contribution is 5.85. The molecule has 0 aliphatic rings. The lowest BCUT2D eigenvalue weighted by atomic mass is 10.1. The monoisotopic (exact) mass is 461 g/mol. The number of nitrogens with zero attached hydrogens (tertiary/aromatic N) is 5. The maximum atomic E-state index is 14.3. The maximum Gasteiger partial charge on any atom is 0.255 e. The summed E-state index contributed by atoms with van der Waals surface area (Å²) in [7, 11) is 0. The van der Waals surface area contributed by atoms with Gasteiger partial charge in [-0.05, 0) is 42.8 Å². The predicted octanol–water partition coefficient (Wildman–Crippen LogP) is 4.36. The normalized spacial score (nSPS) is 11.3. The molecule has 5 aromatic rings. The summed E-state index contributed by atoms with van der Waals surface area (Å²) in [5, 5.41) is 5.08. The lowest BCUT2D eigenvalue weighted by molar-refractivity contribution is 0.482. The van der Waals surface area contributed by atoms with E-state index in [4.69, 9.17) is 11.5 Å². The molecule has 3 heterocycles. The molecular formula is C24H18F3N7. The molecule has 0 aliphatic carbocycles. The van der Waals surface area contributed by atoms with E-state index in [1.807, 2.05) is 13.0 Å². The average Bonchev–Trinajstić information content (AvgIpc) is 3.17. The van der Waals surface area contributed by atoms with E-state index >= 15 is 0 Å². The van der Waals surface area contributed by atoms with Gasteiger partial charge in [-0.1, -0.05) is 18.2 Å². The van der Waals surface area contributed by atoms with Crippen molar-refractivity contribution >= 4 is 22.5 Å². The first-order chi connectivity index (χ1) is 16.3. The Labute approximate surface area is 191 Å². The molecule has 10 heteroatoms. The number of aromatic nitrogens is 5. The number of rotatable bonds is 4. The SMILES string of the molecule is Cc1cc(-c2c(N)nc(-n3nc(Cc4c(F)ccc(F)c4F)c4ccccc43)nc2N)ccn1. The van der Waals surface area contributed by atoms with Gasteiger partial charge in [0.25, 0.3) is 5.95 Å². The second-order valence-corrected chi connectivity index (χ2v) is 7.73. The number of nitrogens with two attached hydrogens (primary N) is 2. The van der Waals surface area contributed by atoms with Crippen LogP contribution in [0.15, 0.2) is 54.7 Å². The molecule has 34 heavy (non-hydrogen) atoms. The van der Waals surface area contributed by atoms with Gasteiger partial charge >= 0.3 is 0 Å². The first kappa shape index (κ1) is 21.4. The summed E-state index contributed by atoms with van der Waals surface area (Å²) in [5.74, 6) is -2.88. The Morgan fingerprint density at radius 3 is 2.35 bits per heavy atom. The molecule has 0 radical (unpaired) electrons. The van der Waals surface area contributed by atoms with Gasteiger partial charge in [0.05, 0.1) is 16.8 Å². The number of nitrogen functional groups attached to an aromatic ring is 2. The molecule has 0 unspecified atom stereocenters. The Hall–Kier alpha value is -4.47. The number of hydrogen-bond acceptors (Lipinski definition) is 6. The van der Waals surface area contributed by atoms with Crippen LogP contribution in [0.4, 0.5) is 24.8 Å². The second-order valence-electron chi connectivity index (χ2n) is 7.73. The van der Waals surface area contributed by atoms with E-state index in [1.54, 1.807) is 36.5 Å². The number of hydrogen-bond donors (Lipinski definition) is 2. The molecule has 4 N–H and O–H groups in total. The van der Waals surface area contributed by atoms with Gasteiger partial charge in [-0.15, -0.1) is 0 Å². The fourth-order valence-corrected chi connectivity index (χ4v) is 3.89. The molecule has 0 atom stereocenters. The number of aryl methyl sites for hydroxylation is 1. The van der Waals surface area contributed by atoms with Gasteiger partial charge in [0, 0.05) is 29.3 Å². The third kappa shape index (κ3) is 3.58. The lowest BCUT2D eigenvalue weighted by Crippen LogP contribution is -2.10. The number of para-hydroxylation sites is 1. The largest absolute Gasteiger partial charge is 0.383 e. The minimum absolute atomic E-state index is 0.0900. The van der Waals surface area contributed by atoms with Crippen LogP contribution in [0.5, 0.6) is 0 Å². The minimum atomic E-state index is -1.25. The number of pyridine rings is 1. The third-order valence-electron chi connectivity index (χ3n) is 5.47. The highest BCUT2D eigenvalue weighted by Gasteiger charge is 2.21. The molecule has 0 spiro atoms. The van der Waals surface area contributed by atoms with Gasteiger partial charge in [-0.25, -0.2) is 13.2 Å². The molecule has 0 aliphatic heterocycles. The first-order valence-electron chi connectivity index (χ1n) is 10.3. The third-order valence-corrected chi connectivity index (χ3v) is 5.47. The van der Waals surface area contributed by atoms with Crippen LogP contribution < -0.4 is 11.5 Å². The molecule has 0 fully saturated rings. The van der Waals surface area contributed by atoms with Crippen LogP contribution in [0.2, 0.25) is 0 Å². The van der Waals surface area contributed by atoms with Gasteiger partial charge in [0.1, 0.15) is 17.5 Å². The zero-order valence-corrected chi connectivity index (χ0v) is 17.9. The second kappa shape index (κ2) is 8.14. The van der Waals surface area contributed by atoms with Crippen LogP contribution in [0.25, 0.3) is 28.0 Å². The van der Waals surface area contributed by atoms with Crippen molar-refractivity contribution in [1.29, 1.82) is 0 Å². The van der Waals surface area contributed by atoms with Gasteiger partial charge < -0.3 is 11.5 Å². The fraction of sp³-hybridized carbons (Fsp3) is 0.0833. The Morgan fingerprint density at radius 1 is 0.912 bits per heavy atom. The quantitative estimate of drug-likeness (QED) is 0.385. The minimum Gasteiger partial charge on any atom is -0.383 e. The summed E-state index contributed by atoms with van der Waals surface area (Å²) in [6.07, 6.45) is 1.36. The standard InChI is InChI=1S/C24H18F3N7/c1-12-10-13(8-9-30-12)20-22(28)31-24(32-23(20)29)34-19-5-3-2-4-14(19)18(33-34)11-15-16(25)6-7-17(26)21(15)27/h2-10H,11H2,1H3,(H4,28,29,31,32).